The Bertz CT molecular complexity index is 884. The number of carbonyl (C=O) groups excluding carboxylic acids is 2. The van der Waals surface area contributed by atoms with Crippen LogP contribution in [0.5, 0.6) is 5.75 Å². The Labute approximate surface area is 194 Å². The van der Waals surface area contributed by atoms with Crippen LogP contribution in [0.4, 0.5) is 10.5 Å². The highest BCUT2D eigenvalue weighted by atomic mass is 32.1. The molecule has 32 heavy (non-hydrogen) atoms. The average molecular weight is 462 g/mol. The minimum atomic E-state index is -0.652. The van der Waals surface area contributed by atoms with E-state index in [4.69, 9.17) is 19.3 Å². The molecule has 1 amide bonds. The zero-order chi connectivity index (χ0) is 23.6. The number of amides is 1. The highest BCUT2D eigenvalue weighted by molar-refractivity contribution is 7.81. The lowest BCUT2D eigenvalue weighted by Gasteiger charge is -2.34. The summed E-state index contributed by atoms with van der Waals surface area (Å²) in [6.07, 6.45) is -0.794. The fraction of sp³-hybridized carbons (Fsp3) is 0.417. The fourth-order valence-electron chi connectivity index (χ4n) is 3.11. The molecular formula is C24H31NO6S. The van der Waals surface area contributed by atoms with E-state index in [-0.39, 0.29) is 25.6 Å². The van der Waals surface area contributed by atoms with Gasteiger partial charge in [-0.25, -0.2) is 4.79 Å². The van der Waals surface area contributed by atoms with Crippen molar-refractivity contribution >= 4 is 30.4 Å². The molecule has 2 aromatic carbocycles. The van der Waals surface area contributed by atoms with Crippen molar-refractivity contribution in [1.82, 2.24) is 0 Å². The van der Waals surface area contributed by atoms with Crippen molar-refractivity contribution in [2.75, 3.05) is 30.9 Å². The number of esters is 1. The molecule has 0 bridgehead atoms. The van der Waals surface area contributed by atoms with Crippen LogP contribution in [0.25, 0.3) is 0 Å². The molecule has 1 atom stereocenters. The molecule has 0 radical (unpaired) electrons. The second-order valence-electron chi connectivity index (χ2n) is 8.04. The lowest BCUT2D eigenvalue weighted by atomic mass is 9.80. The predicted octanol–water partition coefficient (Wildman–Crippen LogP) is 4.55. The molecule has 2 N–H and O–H groups in total. The number of thiol groups is 1. The normalized spacial score (nSPS) is 12.0. The quantitative estimate of drug-likeness (QED) is 0.336. The first-order chi connectivity index (χ1) is 15.2. The molecule has 2 rings (SSSR count). The molecular weight excluding hydrogens is 430 g/mol. The number of benzene rings is 2. The number of ether oxygens (including phenoxy) is 3. The van der Waals surface area contributed by atoms with Crippen LogP contribution in [-0.2, 0) is 14.3 Å². The van der Waals surface area contributed by atoms with E-state index in [0.29, 0.717) is 17.9 Å². The summed E-state index contributed by atoms with van der Waals surface area (Å²) in [5, 5.41) is 11.8. The highest BCUT2D eigenvalue weighted by Crippen LogP contribution is 2.40. The van der Waals surface area contributed by atoms with Crippen LogP contribution < -0.4 is 10.1 Å². The van der Waals surface area contributed by atoms with Crippen LogP contribution >= 0.6 is 12.6 Å². The van der Waals surface area contributed by atoms with Gasteiger partial charge >= 0.3 is 12.1 Å². The van der Waals surface area contributed by atoms with Gasteiger partial charge in [0.05, 0.1) is 19.0 Å². The van der Waals surface area contributed by atoms with Gasteiger partial charge in [0.2, 0.25) is 0 Å². The van der Waals surface area contributed by atoms with Crippen LogP contribution in [0, 0.1) is 12.3 Å². The number of carbonyl (C=O) groups is 2. The second kappa shape index (κ2) is 12.4. The maximum atomic E-state index is 12.7. The van der Waals surface area contributed by atoms with Gasteiger partial charge in [0, 0.05) is 11.1 Å². The van der Waals surface area contributed by atoms with Crippen molar-refractivity contribution in [2.45, 2.75) is 33.3 Å². The van der Waals surface area contributed by atoms with Gasteiger partial charge in [-0.15, -0.1) is 0 Å². The topological polar surface area (TPSA) is 94.1 Å². The number of hydrogen-bond acceptors (Lipinski definition) is 7. The summed E-state index contributed by atoms with van der Waals surface area (Å²) < 4.78 is 16.6. The minimum absolute atomic E-state index is 0.00353. The maximum Gasteiger partial charge on any atom is 0.412 e. The molecule has 7 nitrogen and oxygen atoms in total. The summed E-state index contributed by atoms with van der Waals surface area (Å²) in [5.41, 5.74) is 1.86. The van der Waals surface area contributed by atoms with E-state index in [1.807, 2.05) is 39.0 Å². The summed E-state index contributed by atoms with van der Waals surface area (Å²) in [4.78, 5) is 24.2. The molecule has 0 aliphatic carbocycles. The summed E-state index contributed by atoms with van der Waals surface area (Å²) in [7, 11) is 0. The number of aryl methyl sites for hydroxylation is 1. The van der Waals surface area contributed by atoms with Gasteiger partial charge in [-0.05, 0) is 43.2 Å². The molecule has 8 heteroatoms. The molecule has 0 saturated heterocycles. The lowest BCUT2D eigenvalue weighted by Crippen LogP contribution is -2.30. The molecule has 0 aliphatic heterocycles. The summed E-state index contributed by atoms with van der Waals surface area (Å²) in [5.74, 6) is 0.156. The van der Waals surface area contributed by atoms with Crippen molar-refractivity contribution in [3.63, 3.8) is 0 Å². The Hall–Kier alpha value is -2.71. The zero-order valence-corrected chi connectivity index (χ0v) is 19.6. The Morgan fingerprint density at radius 2 is 1.84 bits per heavy atom. The average Bonchev–Trinajstić information content (AvgIpc) is 2.77. The number of aliphatic hydroxyl groups is 1. The van der Waals surface area contributed by atoms with Crippen molar-refractivity contribution in [2.24, 2.45) is 5.41 Å². The first-order valence-corrected chi connectivity index (χ1v) is 11.0. The van der Waals surface area contributed by atoms with Crippen molar-refractivity contribution in [3.8, 4) is 5.75 Å². The predicted molar refractivity (Wildman–Crippen MR) is 126 cm³/mol. The monoisotopic (exact) mass is 461 g/mol. The standard InChI is InChI=1S/C24H31NO6S/c1-17-7-9-19(10-8-17)25-23(28)31-22(24(2,3)11-13-30-21(27)16-32)18-5-4-6-20(15-18)29-14-12-26/h4-10,15,22,26,32H,11-14,16H2,1-3H3,(H,25,28)/t22-/m1/s1. The Morgan fingerprint density at radius 3 is 2.50 bits per heavy atom. The lowest BCUT2D eigenvalue weighted by molar-refractivity contribution is -0.141. The largest absolute Gasteiger partial charge is 0.491 e. The van der Waals surface area contributed by atoms with Crippen LogP contribution in [-0.4, -0.2) is 42.7 Å². The molecule has 0 spiro atoms. The fourth-order valence-corrected chi connectivity index (χ4v) is 3.20. The molecule has 0 heterocycles. The van der Waals surface area contributed by atoms with Crippen LogP contribution in [0.2, 0.25) is 0 Å². The van der Waals surface area contributed by atoms with Gasteiger partial charge in [-0.2, -0.15) is 12.6 Å². The summed E-state index contributed by atoms with van der Waals surface area (Å²) in [6, 6.07) is 14.6. The molecule has 174 valence electrons. The third-order valence-corrected chi connectivity index (χ3v) is 5.15. The van der Waals surface area contributed by atoms with E-state index in [1.54, 1.807) is 30.3 Å². The summed E-state index contributed by atoms with van der Waals surface area (Å²) in [6.45, 7) is 6.07. The SMILES string of the molecule is Cc1ccc(NC(=O)O[C@H](c2cccc(OCCO)c2)C(C)(C)CCOC(=O)CS)cc1. The highest BCUT2D eigenvalue weighted by Gasteiger charge is 2.35. The van der Waals surface area contributed by atoms with E-state index in [0.717, 1.165) is 11.1 Å². The molecule has 0 unspecified atom stereocenters. The number of nitrogens with one attached hydrogen (secondary N) is 1. The van der Waals surface area contributed by atoms with E-state index in [1.165, 1.54) is 0 Å². The smallest absolute Gasteiger partial charge is 0.412 e. The van der Waals surface area contributed by atoms with Gasteiger partial charge in [-0.3, -0.25) is 10.1 Å². The van der Waals surface area contributed by atoms with Gasteiger partial charge in [0.1, 0.15) is 18.5 Å². The first-order valence-electron chi connectivity index (χ1n) is 10.4. The number of anilines is 1. The van der Waals surface area contributed by atoms with Gasteiger partial charge in [-0.1, -0.05) is 43.7 Å². The second-order valence-corrected chi connectivity index (χ2v) is 8.35. The van der Waals surface area contributed by atoms with Gasteiger partial charge < -0.3 is 19.3 Å². The van der Waals surface area contributed by atoms with Crippen molar-refractivity contribution in [1.29, 1.82) is 0 Å². The van der Waals surface area contributed by atoms with E-state index < -0.39 is 23.6 Å². The van der Waals surface area contributed by atoms with Crippen molar-refractivity contribution in [3.05, 3.63) is 59.7 Å². The van der Waals surface area contributed by atoms with Crippen LogP contribution in [0.3, 0.4) is 0 Å². The molecule has 0 fully saturated rings. The Balaban J connectivity index is 2.22. The van der Waals surface area contributed by atoms with E-state index in [9.17, 15) is 9.59 Å². The Kier molecular flexibility index (Phi) is 9.87. The number of rotatable bonds is 11. The molecule has 0 saturated carbocycles. The van der Waals surface area contributed by atoms with E-state index >= 15 is 0 Å². The van der Waals surface area contributed by atoms with E-state index in [2.05, 4.69) is 17.9 Å². The third-order valence-electron chi connectivity index (χ3n) is 4.89. The van der Waals surface area contributed by atoms with Crippen LogP contribution in [0.15, 0.2) is 48.5 Å². The minimum Gasteiger partial charge on any atom is -0.491 e. The van der Waals surface area contributed by atoms with Crippen LogP contribution in [0.1, 0.15) is 37.5 Å². The van der Waals surface area contributed by atoms with Gasteiger partial charge in [0.15, 0.2) is 0 Å². The Morgan fingerprint density at radius 1 is 1.12 bits per heavy atom. The summed E-state index contributed by atoms with van der Waals surface area (Å²) >= 11 is 3.91. The third kappa shape index (κ3) is 8.09. The number of hydrogen-bond donors (Lipinski definition) is 3. The van der Waals surface area contributed by atoms with Crippen molar-refractivity contribution < 1.29 is 28.9 Å². The molecule has 0 aromatic heterocycles. The van der Waals surface area contributed by atoms with Gasteiger partial charge in [0.25, 0.3) is 0 Å². The zero-order valence-electron chi connectivity index (χ0n) is 18.7. The molecule has 0 aliphatic rings. The maximum absolute atomic E-state index is 12.7. The molecule has 2 aromatic rings. The number of aliphatic hydroxyl groups excluding tert-OH is 1. The first kappa shape index (κ1) is 25.5.